The van der Waals surface area contributed by atoms with Crippen LogP contribution in [-0.2, 0) is 9.84 Å². The highest BCUT2D eigenvalue weighted by Gasteiger charge is 2.23. The Kier molecular flexibility index (Phi) is 5.16. The zero-order valence-corrected chi connectivity index (χ0v) is 14.9. The monoisotopic (exact) mass is 443 g/mol. The van der Waals surface area contributed by atoms with Crippen LogP contribution in [0.25, 0.3) is 6.08 Å². The zero-order valence-electron chi connectivity index (χ0n) is 10.9. The first-order valence-electron chi connectivity index (χ1n) is 5.92. The van der Waals surface area contributed by atoms with Crippen molar-refractivity contribution < 1.29 is 12.8 Å². The van der Waals surface area contributed by atoms with E-state index in [0.717, 1.165) is 0 Å². The van der Waals surface area contributed by atoms with Crippen LogP contribution in [0.5, 0.6) is 0 Å². The van der Waals surface area contributed by atoms with E-state index in [2.05, 4.69) is 31.9 Å². The average molecular weight is 445 g/mol. The Bertz CT molecular complexity index is 885. The molecule has 0 fully saturated rings. The number of rotatable bonds is 3. The van der Waals surface area contributed by atoms with Gasteiger partial charge in [0.25, 0.3) is 0 Å². The topological polar surface area (TPSA) is 57.9 Å². The lowest BCUT2D eigenvalue weighted by molar-refractivity contribution is 0.603. The Morgan fingerprint density at radius 1 is 1.14 bits per heavy atom. The van der Waals surface area contributed by atoms with Gasteiger partial charge in [0.2, 0.25) is 9.84 Å². The fraction of sp³-hybridized carbons (Fsp3) is 0. The number of nitrogens with zero attached hydrogens (tertiary/aromatic N) is 1. The summed E-state index contributed by atoms with van der Waals surface area (Å²) in [5.74, 6) is -0.437. The fourth-order valence-electron chi connectivity index (χ4n) is 1.68. The number of halogens is 3. The first-order valence-corrected chi connectivity index (χ1v) is 8.99. The molecule has 2 aromatic rings. The molecule has 0 aliphatic rings. The van der Waals surface area contributed by atoms with E-state index in [-0.39, 0.29) is 4.90 Å². The van der Waals surface area contributed by atoms with Gasteiger partial charge in [-0.25, -0.2) is 12.8 Å². The summed E-state index contributed by atoms with van der Waals surface area (Å²) in [4.78, 5) is -0.435. The summed E-state index contributed by atoms with van der Waals surface area (Å²) in [7, 11) is -3.98. The Labute approximate surface area is 144 Å². The molecule has 0 unspecified atom stereocenters. The Morgan fingerprint density at radius 3 is 2.36 bits per heavy atom. The summed E-state index contributed by atoms with van der Waals surface area (Å²) >= 11 is 6.38. The van der Waals surface area contributed by atoms with E-state index in [1.54, 1.807) is 18.2 Å². The fourth-order valence-corrected chi connectivity index (χ4v) is 4.34. The van der Waals surface area contributed by atoms with Crippen molar-refractivity contribution in [3.63, 3.8) is 0 Å². The lowest BCUT2D eigenvalue weighted by Gasteiger charge is -2.06. The number of sulfone groups is 1. The largest absolute Gasteiger partial charge is 0.218 e. The van der Waals surface area contributed by atoms with Crippen LogP contribution < -0.4 is 0 Å². The average Bonchev–Trinajstić information content (AvgIpc) is 2.48. The maximum atomic E-state index is 12.9. The molecule has 0 saturated heterocycles. The molecule has 3 nitrogen and oxygen atoms in total. The maximum absolute atomic E-state index is 12.9. The predicted molar refractivity (Wildman–Crippen MR) is 89.0 cm³/mol. The van der Waals surface area contributed by atoms with Crippen LogP contribution in [0.15, 0.2) is 61.2 Å². The molecule has 0 bridgehead atoms. The molecule has 2 rings (SSSR count). The summed E-state index contributed by atoms with van der Waals surface area (Å²) in [5.41, 5.74) is 0.424. The van der Waals surface area contributed by atoms with Crippen molar-refractivity contribution >= 4 is 47.8 Å². The quantitative estimate of drug-likeness (QED) is 0.645. The number of hydrogen-bond donors (Lipinski definition) is 0. The first-order chi connectivity index (χ1) is 10.3. The van der Waals surface area contributed by atoms with Gasteiger partial charge >= 0.3 is 0 Å². The molecule has 0 saturated carbocycles. The Balaban J connectivity index is 2.57. The van der Waals surface area contributed by atoms with E-state index < -0.39 is 20.6 Å². The summed E-state index contributed by atoms with van der Waals surface area (Å²) in [6, 6.07) is 11.6. The van der Waals surface area contributed by atoms with E-state index in [1.807, 2.05) is 0 Å². The molecule has 0 heterocycles. The third-order valence-corrected chi connectivity index (χ3v) is 5.90. The number of allylic oxidation sites excluding steroid dienone is 1. The Hall–Kier alpha value is -1.49. The van der Waals surface area contributed by atoms with Crippen molar-refractivity contribution in [3.8, 4) is 6.07 Å². The minimum absolute atomic E-state index is 0.0169. The second-order valence-electron chi connectivity index (χ2n) is 4.25. The van der Waals surface area contributed by atoms with Crippen LogP contribution in [0.1, 0.15) is 5.56 Å². The molecule has 2 aromatic carbocycles. The molecule has 0 aliphatic carbocycles. The molecule has 0 radical (unpaired) electrons. The third kappa shape index (κ3) is 3.64. The second-order valence-corrected chi connectivity index (χ2v) is 7.91. The minimum Gasteiger partial charge on any atom is -0.218 e. The van der Waals surface area contributed by atoms with E-state index in [4.69, 9.17) is 0 Å². The second kappa shape index (κ2) is 6.73. The predicted octanol–water partition coefficient (Wildman–Crippen LogP) is 4.69. The minimum atomic E-state index is -3.98. The van der Waals surface area contributed by atoms with Crippen molar-refractivity contribution in [2.24, 2.45) is 0 Å². The van der Waals surface area contributed by atoms with Crippen LogP contribution >= 0.6 is 31.9 Å². The first kappa shape index (κ1) is 16.9. The van der Waals surface area contributed by atoms with Gasteiger partial charge in [-0.15, -0.1) is 0 Å². The summed E-state index contributed by atoms with van der Waals surface area (Å²) in [6.45, 7) is 0. The Morgan fingerprint density at radius 2 is 1.77 bits per heavy atom. The lowest BCUT2D eigenvalue weighted by atomic mass is 10.2. The molecule has 0 N–H and O–H groups in total. The van der Waals surface area contributed by atoms with Crippen molar-refractivity contribution in [1.29, 1.82) is 5.26 Å². The summed E-state index contributed by atoms with van der Waals surface area (Å²) in [6.07, 6.45) is 1.21. The van der Waals surface area contributed by atoms with Crippen molar-refractivity contribution in [2.45, 2.75) is 4.90 Å². The van der Waals surface area contributed by atoms with E-state index in [0.29, 0.717) is 14.5 Å². The van der Waals surface area contributed by atoms with E-state index in [9.17, 15) is 18.1 Å². The molecule has 0 spiro atoms. The van der Waals surface area contributed by atoms with Gasteiger partial charge in [0.15, 0.2) is 0 Å². The van der Waals surface area contributed by atoms with Crippen LogP contribution in [0, 0.1) is 17.1 Å². The van der Waals surface area contributed by atoms with Gasteiger partial charge in [-0.1, -0.05) is 28.1 Å². The van der Waals surface area contributed by atoms with Gasteiger partial charge in [0.1, 0.15) is 16.8 Å². The highest BCUT2D eigenvalue weighted by atomic mass is 79.9. The molecular weight excluding hydrogens is 437 g/mol. The van der Waals surface area contributed by atoms with Crippen molar-refractivity contribution in [1.82, 2.24) is 0 Å². The van der Waals surface area contributed by atoms with Gasteiger partial charge in [-0.05, 0) is 57.9 Å². The molecule has 112 valence electrons. The summed E-state index contributed by atoms with van der Waals surface area (Å²) < 4.78 is 39.0. The molecule has 7 heteroatoms. The van der Waals surface area contributed by atoms with Crippen molar-refractivity contribution in [3.05, 3.63) is 67.7 Å². The van der Waals surface area contributed by atoms with Crippen LogP contribution in [0.3, 0.4) is 0 Å². The normalized spacial score (nSPS) is 12.0. The molecule has 0 amide bonds. The number of nitriles is 1. The lowest BCUT2D eigenvalue weighted by Crippen LogP contribution is -2.04. The van der Waals surface area contributed by atoms with Gasteiger partial charge < -0.3 is 0 Å². The van der Waals surface area contributed by atoms with Crippen LogP contribution in [0.2, 0.25) is 0 Å². The molecule has 0 atom stereocenters. The SMILES string of the molecule is N#C/C(=C\c1ccc(F)cc1)S(=O)(=O)c1cc(Br)ccc1Br. The van der Waals surface area contributed by atoms with E-state index >= 15 is 0 Å². The smallest absolute Gasteiger partial charge is 0.217 e. The highest BCUT2D eigenvalue weighted by molar-refractivity contribution is 9.11. The molecule has 0 aliphatic heterocycles. The highest BCUT2D eigenvalue weighted by Crippen LogP contribution is 2.30. The number of hydrogen-bond acceptors (Lipinski definition) is 3. The number of benzene rings is 2. The van der Waals surface area contributed by atoms with E-state index in [1.165, 1.54) is 36.4 Å². The van der Waals surface area contributed by atoms with Gasteiger partial charge in [-0.2, -0.15) is 5.26 Å². The molecular formula is C15H8Br2FNO2S. The molecule has 22 heavy (non-hydrogen) atoms. The van der Waals surface area contributed by atoms with Gasteiger partial charge in [-0.3, -0.25) is 0 Å². The zero-order chi connectivity index (χ0) is 16.3. The van der Waals surface area contributed by atoms with Gasteiger partial charge in [0.05, 0.1) is 4.90 Å². The van der Waals surface area contributed by atoms with Crippen molar-refractivity contribution in [2.75, 3.05) is 0 Å². The maximum Gasteiger partial charge on any atom is 0.217 e. The van der Waals surface area contributed by atoms with Crippen LogP contribution in [-0.4, -0.2) is 8.42 Å². The molecule has 0 aromatic heterocycles. The third-order valence-electron chi connectivity index (χ3n) is 2.75. The standard InChI is InChI=1S/C15H8Br2FNO2S/c16-11-3-6-14(17)15(8-11)22(20,21)13(9-19)7-10-1-4-12(18)5-2-10/h1-8H/b13-7+. The van der Waals surface area contributed by atoms with Gasteiger partial charge in [0, 0.05) is 8.95 Å². The van der Waals surface area contributed by atoms with Crippen LogP contribution in [0.4, 0.5) is 4.39 Å². The summed E-state index contributed by atoms with van der Waals surface area (Å²) in [5, 5.41) is 9.20.